The van der Waals surface area contributed by atoms with Crippen LogP contribution in [-0.2, 0) is 4.74 Å². The van der Waals surface area contributed by atoms with Crippen molar-refractivity contribution in [2.24, 2.45) is 5.73 Å². The molecule has 0 amide bonds. The van der Waals surface area contributed by atoms with E-state index in [1.165, 1.54) is 70.6 Å². The van der Waals surface area contributed by atoms with E-state index < -0.39 is 6.10 Å². The average molecular weight is 299 g/mol. The third-order valence-corrected chi connectivity index (χ3v) is 4.66. The van der Waals surface area contributed by atoms with Crippen LogP contribution in [0, 0.1) is 0 Å². The first-order valence-corrected chi connectivity index (χ1v) is 9.31. The van der Waals surface area contributed by atoms with Crippen molar-refractivity contribution in [2.75, 3.05) is 6.61 Å². The molecule has 0 saturated carbocycles. The smallest absolute Gasteiger partial charge is 0.0974 e. The van der Waals surface area contributed by atoms with Gasteiger partial charge in [-0.25, -0.2) is 0 Å². The Bertz CT molecular complexity index is 235. The van der Waals surface area contributed by atoms with Crippen molar-refractivity contribution in [3.05, 3.63) is 0 Å². The van der Waals surface area contributed by atoms with Crippen molar-refractivity contribution in [3.8, 4) is 0 Å². The number of ether oxygens (including phenoxy) is 1. The molecule has 0 bridgehead atoms. The molecule has 1 heterocycles. The molecule has 3 atom stereocenters. The minimum absolute atomic E-state index is 0.0110. The van der Waals surface area contributed by atoms with Gasteiger partial charge >= 0.3 is 0 Å². The van der Waals surface area contributed by atoms with E-state index >= 15 is 0 Å². The highest BCUT2D eigenvalue weighted by Gasteiger charge is 2.32. The van der Waals surface area contributed by atoms with Crippen LogP contribution >= 0.6 is 0 Å². The van der Waals surface area contributed by atoms with Gasteiger partial charge in [0, 0.05) is 0 Å². The summed E-state index contributed by atoms with van der Waals surface area (Å²) in [7, 11) is 0. The van der Waals surface area contributed by atoms with E-state index in [1.54, 1.807) is 0 Å². The molecule has 0 spiro atoms. The minimum atomic E-state index is -0.447. The monoisotopic (exact) mass is 299 g/mol. The van der Waals surface area contributed by atoms with E-state index in [-0.39, 0.29) is 12.1 Å². The second-order valence-electron chi connectivity index (χ2n) is 6.70. The van der Waals surface area contributed by atoms with Crippen LogP contribution in [0.2, 0.25) is 0 Å². The lowest BCUT2D eigenvalue weighted by atomic mass is 10.0. The molecule has 0 aromatic carbocycles. The Morgan fingerprint density at radius 3 is 1.76 bits per heavy atom. The molecular formula is C18H37NO2. The molecule has 0 aliphatic carbocycles. The first-order valence-electron chi connectivity index (χ1n) is 9.31. The summed E-state index contributed by atoms with van der Waals surface area (Å²) in [5, 5.41) is 9.78. The standard InChI is InChI=1S/C18H37NO2/c1-2-3-4-5-6-7-8-9-10-11-12-13-14-17-18(20)16(19)15-21-17/h16-18,20H,2-15,19H2,1H3/t16-,17+,18+/m0/s1. The van der Waals surface area contributed by atoms with E-state index in [1.807, 2.05) is 0 Å². The fourth-order valence-corrected chi connectivity index (χ4v) is 3.15. The molecule has 1 aliphatic rings. The lowest BCUT2D eigenvalue weighted by Gasteiger charge is -2.14. The molecule has 0 radical (unpaired) electrons. The topological polar surface area (TPSA) is 55.5 Å². The third-order valence-electron chi connectivity index (χ3n) is 4.66. The van der Waals surface area contributed by atoms with Gasteiger partial charge in [-0.3, -0.25) is 0 Å². The van der Waals surface area contributed by atoms with Crippen molar-refractivity contribution in [1.29, 1.82) is 0 Å². The zero-order valence-electron chi connectivity index (χ0n) is 14.1. The van der Waals surface area contributed by atoms with Crippen molar-refractivity contribution >= 4 is 0 Å². The zero-order valence-corrected chi connectivity index (χ0v) is 14.1. The molecule has 21 heavy (non-hydrogen) atoms. The van der Waals surface area contributed by atoms with Crippen LogP contribution in [0.1, 0.15) is 90.4 Å². The molecule has 1 fully saturated rings. The van der Waals surface area contributed by atoms with Crippen molar-refractivity contribution < 1.29 is 9.84 Å². The van der Waals surface area contributed by atoms with Crippen molar-refractivity contribution in [3.63, 3.8) is 0 Å². The van der Waals surface area contributed by atoms with E-state index in [4.69, 9.17) is 10.5 Å². The molecule has 126 valence electrons. The maximum absolute atomic E-state index is 9.78. The number of aliphatic hydroxyl groups is 1. The van der Waals surface area contributed by atoms with Crippen molar-refractivity contribution in [1.82, 2.24) is 0 Å². The first kappa shape index (κ1) is 18.9. The number of hydrogen-bond donors (Lipinski definition) is 2. The summed E-state index contributed by atoms with van der Waals surface area (Å²) in [6.45, 7) is 2.79. The van der Waals surface area contributed by atoms with Gasteiger partial charge in [-0.2, -0.15) is 0 Å². The van der Waals surface area contributed by atoms with E-state index in [9.17, 15) is 5.11 Å². The highest BCUT2D eigenvalue weighted by atomic mass is 16.5. The first-order chi connectivity index (χ1) is 10.3. The number of rotatable bonds is 13. The van der Waals surface area contributed by atoms with Crippen LogP contribution in [0.15, 0.2) is 0 Å². The van der Waals surface area contributed by atoms with Gasteiger partial charge in [-0.15, -0.1) is 0 Å². The summed E-state index contributed by atoms with van der Waals surface area (Å²) in [6, 6.07) is -0.174. The fourth-order valence-electron chi connectivity index (χ4n) is 3.15. The summed E-state index contributed by atoms with van der Waals surface area (Å²) in [5.74, 6) is 0. The molecule has 3 nitrogen and oxygen atoms in total. The van der Waals surface area contributed by atoms with Gasteiger partial charge in [0.1, 0.15) is 0 Å². The van der Waals surface area contributed by atoms with Gasteiger partial charge < -0.3 is 15.6 Å². The number of nitrogens with two attached hydrogens (primary N) is 1. The molecular weight excluding hydrogens is 262 g/mol. The normalized spacial score (nSPS) is 25.6. The molecule has 1 rings (SSSR count). The Kier molecular flexibility index (Phi) is 11.2. The average Bonchev–Trinajstić information content (AvgIpc) is 2.80. The van der Waals surface area contributed by atoms with Crippen LogP contribution in [-0.4, -0.2) is 30.0 Å². The Hall–Kier alpha value is -0.120. The summed E-state index contributed by atoms with van der Waals surface area (Å²) in [4.78, 5) is 0. The largest absolute Gasteiger partial charge is 0.389 e. The second-order valence-corrected chi connectivity index (χ2v) is 6.70. The summed E-state index contributed by atoms with van der Waals surface area (Å²) in [5.41, 5.74) is 5.73. The van der Waals surface area contributed by atoms with Gasteiger partial charge in [-0.1, -0.05) is 84.0 Å². The van der Waals surface area contributed by atoms with E-state index in [0.717, 1.165) is 12.8 Å². The molecule has 0 aromatic rings. The Labute approximate surface area is 131 Å². The van der Waals surface area contributed by atoms with Crippen LogP contribution in [0.5, 0.6) is 0 Å². The second kappa shape index (κ2) is 12.4. The highest BCUT2D eigenvalue weighted by Crippen LogP contribution is 2.19. The van der Waals surface area contributed by atoms with Gasteiger partial charge in [-0.05, 0) is 6.42 Å². The lowest BCUT2D eigenvalue weighted by molar-refractivity contribution is 0.0342. The van der Waals surface area contributed by atoms with Gasteiger partial charge in [0.25, 0.3) is 0 Å². The quantitative estimate of drug-likeness (QED) is 0.502. The summed E-state index contributed by atoms with van der Waals surface area (Å²) >= 11 is 0. The Morgan fingerprint density at radius 2 is 1.33 bits per heavy atom. The summed E-state index contributed by atoms with van der Waals surface area (Å²) in [6.07, 6.45) is 16.9. The van der Waals surface area contributed by atoms with Crippen LogP contribution in [0.4, 0.5) is 0 Å². The molecule has 1 saturated heterocycles. The fraction of sp³-hybridized carbons (Fsp3) is 1.00. The lowest BCUT2D eigenvalue weighted by Crippen LogP contribution is -2.36. The SMILES string of the molecule is CCCCCCCCCCCCCC[C@H]1OC[C@H](N)[C@H]1O. The van der Waals surface area contributed by atoms with E-state index in [0.29, 0.717) is 6.61 Å². The van der Waals surface area contributed by atoms with Crippen LogP contribution < -0.4 is 5.73 Å². The molecule has 0 unspecified atom stereocenters. The highest BCUT2D eigenvalue weighted by molar-refractivity contribution is 4.85. The predicted molar refractivity (Wildman–Crippen MR) is 89.4 cm³/mol. The number of aliphatic hydroxyl groups excluding tert-OH is 1. The zero-order chi connectivity index (χ0) is 15.3. The maximum atomic E-state index is 9.78. The molecule has 3 N–H and O–H groups in total. The third kappa shape index (κ3) is 8.80. The minimum Gasteiger partial charge on any atom is -0.389 e. The Morgan fingerprint density at radius 1 is 0.857 bits per heavy atom. The van der Waals surface area contributed by atoms with Crippen LogP contribution in [0.25, 0.3) is 0 Å². The van der Waals surface area contributed by atoms with Gasteiger partial charge in [0.2, 0.25) is 0 Å². The summed E-state index contributed by atoms with van der Waals surface area (Å²) < 4.78 is 5.50. The maximum Gasteiger partial charge on any atom is 0.0974 e. The van der Waals surface area contributed by atoms with Gasteiger partial charge in [0.15, 0.2) is 0 Å². The molecule has 1 aliphatic heterocycles. The van der Waals surface area contributed by atoms with Crippen molar-refractivity contribution in [2.45, 2.75) is 109 Å². The van der Waals surface area contributed by atoms with Crippen LogP contribution in [0.3, 0.4) is 0 Å². The molecule has 0 aromatic heterocycles. The predicted octanol–water partition coefficient (Wildman–Crippen LogP) is 4.16. The number of unbranched alkanes of at least 4 members (excludes halogenated alkanes) is 11. The Balaban J connectivity index is 1.77. The van der Waals surface area contributed by atoms with Gasteiger partial charge in [0.05, 0.1) is 24.9 Å². The van der Waals surface area contributed by atoms with E-state index in [2.05, 4.69) is 6.92 Å². The molecule has 3 heteroatoms. The number of hydrogen-bond acceptors (Lipinski definition) is 3.